The van der Waals surface area contributed by atoms with Gasteiger partial charge >= 0.3 is 0 Å². The molecule has 0 unspecified atom stereocenters. The summed E-state index contributed by atoms with van der Waals surface area (Å²) in [5, 5.41) is 0. The third-order valence-electron chi connectivity index (χ3n) is 3.44. The van der Waals surface area contributed by atoms with Crippen molar-refractivity contribution in [3.05, 3.63) is 46.5 Å². The Morgan fingerprint density at radius 2 is 1.88 bits per heavy atom. The molecule has 0 bridgehead atoms. The molecule has 0 radical (unpaired) electrons. The number of allylic oxidation sites excluding steroid dienone is 2. The van der Waals surface area contributed by atoms with Crippen molar-refractivity contribution in [2.75, 3.05) is 13.2 Å². The molecule has 0 aliphatic carbocycles. The first-order valence-corrected chi connectivity index (χ1v) is 6.15. The van der Waals surface area contributed by atoms with Gasteiger partial charge in [-0.3, -0.25) is 0 Å². The van der Waals surface area contributed by atoms with Crippen molar-refractivity contribution in [2.45, 2.75) is 27.7 Å². The van der Waals surface area contributed by atoms with Gasteiger partial charge in [-0.05, 0) is 61.1 Å². The lowest BCUT2D eigenvalue weighted by Gasteiger charge is -2.13. The number of rotatable bonds is 2. The van der Waals surface area contributed by atoms with Crippen LogP contribution in [0.25, 0.3) is 11.1 Å². The molecule has 1 heteroatoms. The zero-order valence-corrected chi connectivity index (χ0v) is 11.1. The van der Waals surface area contributed by atoms with Crippen molar-refractivity contribution in [3.8, 4) is 0 Å². The SMILES string of the molecule is CC=C(C)c1c(C)cc(C2=CCOC2)cc1C. The number of aryl methyl sites for hydroxylation is 2. The Morgan fingerprint density at radius 3 is 2.35 bits per heavy atom. The van der Waals surface area contributed by atoms with E-state index in [-0.39, 0.29) is 0 Å². The zero-order valence-electron chi connectivity index (χ0n) is 11.1. The maximum Gasteiger partial charge on any atom is 0.0724 e. The molecule has 1 aliphatic rings. The molecule has 1 nitrogen and oxygen atoms in total. The van der Waals surface area contributed by atoms with Crippen molar-refractivity contribution >= 4 is 11.1 Å². The zero-order chi connectivity index (χ0) is 12.4. The molecular weight excluding hydrogens is 208 g/mol. The fourth-order valence-electron chi connectivity index (χ4n) is 2.50. The molecule has 0 saturated carbocycles. The van der Waals surface area contributed by atoms with Crippen LogP contribution in [0.2, 0.25) is 0 Å². The Labute approximate surface area is 104 Å². The van der Waals surface area contributed by atoms with E-state index in [1.165, 1.54) is 33.4 Å². The highest BCUT2D eigenvalue weighted by Gasteiger charge is 2.11. The summed E-state index contributed by atoms with van der Waals surface area (Å²) in [6, 6.07) is 4.55. The highest BCUT2D eigenvalue weighted by molar-refractivity contribution is 5.75. The lowest BCUT2D eigenvalue weighted by molar-refractivity contribution is 0.216. The molecule has 0 aromatic heterocycles. The van der Waals surface area contributed by atoms with E-state index in [1.807, 2.05) is 0 Å². The Kier molecular flexibility index (Phi) is 3.49. The molecule has 0 atom stereocenters. The second kappa shape index (κ2) is 4.89. The molecule has 2 rings (SSSR count). The van der Waals surface area contributed by atoms with E-state index in [0.717, 1.165) is 13.2 Å². The third-order valence-corrected chi connectivity index (χ3v) is 3.44. The predicted molar refractivity (Wildman–Crippen MR) is 74.0 cm³/mol. The first-order chi connectivity index (χ1) is 8.13. The minimum absolute atomic E-state index is 0.751. The number of hydrogen-bond acceptors (Lipinski definition) is 1. The maximum atomic E-state index is 5.39. The predicted octanol–water partition coefficient (Wildman–Crippen LogP) is 4.14. The number of hydrogen-bond donors (Lipinski definition) is 0. The minimum atomic E-state index is 0.751. The van der Waals surface area contributed by atoms with Gasteiger partial charge in [-0.15, -0.1) is 0 Å². The van der Waals surface area contributed by atoms with E-state index in [0.29, 0.717) is 0 Å². The molecule has 1 aliphatic heterocycles. The van der Waals surface area contributed by atoms with Gasteiger partial charge in [0.25, 0.3) is 0 Å². The first-order valence-electron chi connectivity index (χ1n) is 6.15. The standard InChI is InChI=1S/C16H20O/c1-5-11(2)16-12(3)8-15(9-13(16)4)14-6-7-17-10-14/h5-6,8-9H,7,10H2,1-4H3. The lowest BCUT2D eigenvalue weighted by atomic mass is 9.92. The van der Waals surface area contributed by atoms with Crippen molar-refractivity contribution in [3.63, 3.8) is 0 Å². The lowest BCUT2D eigenvalue weighted by Crippen LogP contribution is -1.96. The molecule has 0 saturated heterocycles. The second-order valence-corrected chi connectivity index (χ2v) is 4.70. The van der Waals surface area contributed by atoms with Gasteiger partial charge in [-0.1, -0.05) is 24.3 Å². The summed E-state index contributed by atoms with van der Waals surface area (Å²) in [5.41, 5.74) is 8.07. The summed E-state index contributed by atoms with van der Waals surface area (Å²) in [6.45, 7) is 10.1. The summed E-state index contributed by atoms with van der Waals surface area (Å²) in [7, 11) is 0. The highest BCUT2D eigenvalue weighted by Crippen LogP contribution is 2.28. The minimum Gasteiger partial charge on any atom is -0.373 e. The number of ether oxygens (including phenoxy) is 1. The van der Waals surface area contributed by atoms with Crippen LogP contribution in [0.15, 0.2) is 24.3 Å². The van der Waals surface area contributed by atoms with Crippen LogP contribution in [0.1, 0.15) is 36.1 Å². The van der Waals surface area contributed by atoms with Crippen LogP contribution in [-0.4, -0.2) is 13.2 Å². The van der Waals surface area contributed by atoms with E-state index >= 15 is 0 Å². The van der Waals surface area contributed by atoms with Crippen LogP contribution >= 0.6 is 0 Å². The Morgan fingerprint density at radius 1 is 1.24 bits per heavy atom. The van der Waals surface area contributed by atoms with Crippen LogP contribution in [0.3, 0.4) is 0 Å². The molecule has 17 heavy (non-hydrogen) atoms. The summed E-state index contributed by atoms with van der Waals surface area (Å²) in [6.07, 6.45) is 4.35. The fourth-order valence-corrected chi connectivity index (χ4v) is 2.50. The van der Waals surface area contributed by atoms with Gasteiger partial charge in [0, 0.05) is 0 Å². The Hall–Kier alpha value is -1.34. The largest absolute Gasteiger partial charge is 0.373 e. The highest BCUT2D eigenvalue weighted by atomic mass is 16.5. The molecule has 90 valence electrons. The topological polar surface area (TPSA) is 9.23 Å². The summed E-state index contributed by atoms with van der Waals surface area (Å²) in [5.74, 6) is 0. The fraction of sp³-hybridized carbons (Fsp3) is 0.375. The van der Waals surface area contributed by atoms with Crippen molar-refractivity contribution < 1.29 is 4.74 Å². The number of benzene rings is 1. The van der Waals surface area contributed by atoms with Gasteiger partial charge < -0.3 is 4.74 Å². The Balaban J connectivity index is 2.48. The van der Waals surface area contributed by atoms with Crippen molar-refractivity contribution in [1.82, 2.24) is 0 Å². The van der Waals surface area contributed by atoms with E-state index in [4.69, 9.17) is 4.74 Å². The molecule has 1 heterocycles. The molecule has 0 amide bonds. The molecule has 0 N–H and O–H groups in total. The van der Waals surface area contributed by atoms with Gasteiger partial charge in [-0.2, -0.15) is 0 Å². The van der Waals surface area contributed by atoms with Crippen LogP contribution in [0.5, 0.6) is 0 Å². The summed E-state index contributed by atoms with van der Waals surface area (Å²) >= 11 is 0. The van der Waals surface area contributed by atoms with Gasteiger partial charge in [-0.25, -0.2) is 0 Å². The van der Waals surface area contributed by atoms with Gasteiger partial charge in [0.15, 0.2) is 0 Å². The molecule has 1 aromatic carbocycles. The van der Waals surface area contributed by atoms with Gasteiger partial charge in [0.1, 0.15) is 0 Å². The monoisotopic (exact) mass is 228 g/mol. The van der Waals surface area contributed by atoms with Gasteiger partial charge in [0.05, 0.1) is 13.2 Å². The molecular formula is C16H20O. The van der Waals surface area contributed by atoms with Crippen molar-refractivity contribution in [1.29, 1.82) is 0 Å². The second-order valence-electron chi connectivity index (χ2n) is 4.70. The third kappa shape index (κ3) is 2.34. The van der Waals surface area contributed by atoms with E-state index < -0.39 is 0 Å². The van der Waals surface area contributed by atoms with E-state index in [9.17, 15) is 0 Å². The molecule has 0 spiro atoms. The van der Waals surface area contributed by atoms with Crippen LogP contribution < -0.4 is 0 Å². The average Bonchev–Trinajstić information content (AvgIpc) is 2.81. The summed E-state index contributed by atoms with van der Waals surface area (Å²) in [4.78, 5) is 0. The smallest absolute Gasteiger partial charge is 0.0724 e. The normalized spacial score (nSPS) is 16.2. The van der Waals surface area contributed by atoms with Crippen LogP contribution in [0.4, 0.5) is 0 Å². The summed E-state index contributed by atoms with van der Waals surface area (Å²) < 4.78 is 5.39. The average molecular weight is 228 g/mol. The maximum absolute atomic E-state index is 5.39. The van der Waals surface area contributed by atoms with E-state index in [1.54, 1.807) is 0 Å². The van der Waals surface area contributed by atoms with E-state index in [2.05, 4.69) is 52.0 Å². The van der Waals surface area contributed by atoms with Gasteiger partial charge in [0.2, 0.25) is 0 Å². The molecule has 0 fully saturated rings. The van der Waals surface area contributed by atoms with Crippen LogP contribution in [0, 0.1) is 13.8 Å². The first kappa shape index (κ1) is 12.1. The quantitative estimate of drug-likeness (QED) is 0.739. The Bertz CT molecular complexity index is 469. The van der Waals surface area contributed by atoms with Crippen molar-refractivity contribution in [2.24, 2.45) is 0 Å². The molecule has 1 aromatic rings. The van der Waals surface area contributed by atoms with Crippen LogP contribution in [-0.2, 0) is 4.74 Å².